The average Bonchev–Trinajstić information content (AvgIpc) is 2.69. The predicted molar refractivity (Wildman–Crippen MR) is 124 cm³/mol. The summed E-state index contributed by atoms with van der Waals surface area (Å²) in [6, 6.07) is 7.62. The Morgan fingerprint density at radius 3 is 2.45 bits per heavy atom. The average molecular weight is 475 g/mol. The second kappa shape index (κ2) is 10.1. The lowest BCUT2D eigenvalue weighted by Gasteiger charge is -2.34. The summed E-state index contributed by atoms with van der Waals surface area (Å²) in [5.41, 5.74) is 1.03. The Balaban J connectivity index is 1.77. The number of aromatic hydroxyl groups is 1. The van der Waals surface area contributed by atoms with Gasteiger partial charge in [-0.3, -0.25) is 9.59 Å². The molecule has 0 aromatic heterocycles. The van der Waals surface area contributed by atoms with Gasteiger partial charge in [-0.15, -0.1) is 0 Å². The molecule has 8 nitrogen and oxygen atoms in total. The third-order valence-corrected chi connectivity index (χ3v) is 5.66. The summed E-state index contributed by atoms with van der Waals surface area (Å²) in [4.78, 5) is 38.2. The Morgan fingerprint density at radius 2 is 1.88 bits per heavy atom. The van der Waals surface area contributed by atoms with Gasteiger partial charge in [-0.1, -0.05) is 11.6 Å². The number of halogens is 1. The summed E-state index contributed by atoms with van der Waals surface area (Å²) >= 11 is 6.37. The first-order valence-electron chi connectivity index (χ1n) is 10.7. The number of hydrogen-bond acceptors (Lipinski definition) is 6. The molecule has 1 aliphatic carbocycles. The van der Waals surface area contributed by atoms with E-state index in [0.717, 1.165) is 19.3 Å². The van der Waals surface area contributed by atoms with E-state index in [0.29, 0.717) is 22.7 Å². The minimum atomic E-state index is -0.993. The number of esters is 1. The van der Waals surface area contributed by atoms with Crippen LogP contribution in [0.2, 0.25) is 5.02 Å². The molecule has 0 heterocycles. The Hall–Kier alpha value is -3.26. The number of phenolic OH excluding ortho intramolecular Hbond substituents is 1. The molecular weight excluding hydrogens is 448 g/mol. The number of nitrogens with zero attached hydrogens (tertiary/aromatic N) is 1. The van der Waals surface area contributed by atoms with Gasteiger partial charge in [-0.05, 0) is 75.9 Å². The van der Waals surface area contributed by atoms with Crippen LogP contribution in [0.25, 0.3) is 0 Å². The minimum Gasteiger partial charge on any atom is -0.507 e. The van der Waals surface area contributed by atoms with Gasteiger partial charge in [0.15, 0.2) is 0 Å². The summed E-state index contributed by atoms with van der Waals surface area (Å²) in [6.45, 7) is 5.01. The molecule has 1 fully saturated rings. The number of carbonyl (C=O) groups excluding carboxylic acids is 3. The molecule has 2 amide bonds. The number of anilines is 1. The van der Waals surface area contributed by atoms with E-state index in [4.69, 9.17) is 21.1 Å². The molecule has 0 atom stereocenters. The van der Waals surface area contributed by atoms with Crippen molar-refractivity contribution in [2.75, 3.05) is 12.4 Å². The molecule has 9 heteroatoms. The largest absolute Gasteiger partial charge is 0.507 e. The third-order valence-electron chi connectivity index (χ3n) is 5.38. The molecule has 33 heavy (non-hydrogen) atoms. The molecular formula is C24H27ClN2O6. The van der Waals surface area contributed by atoms with Crippen molar-refractivity contribution in [3.8, 4) is 17.2 Å². The highest BCUT2D eigenvalue weighted by Crippen LogP contribution is 2.37. The van der Waals surface area contributed by atoms with Crippen LogP contribution < -0.4 is 10.1 Å². The van der Waals surface area contributed by atoms with E-state index in [1.54, 1.807) is 38.8 Å². The summed E-state index contributed by atoms with van der Waals surface area (Å²) in [7, 11) is 1.73. The molecule has 1 saturated carbocycles. The second-order valence-electron chi connectivity index (χ2n) is 8.29. The van der Waals surface area contributed by atoms with Gasteiger partial charge in [-0.2, -0.15) is 0 Å². The van der Waals surface area contributed by atoms with E-state index in [1.165, 1.54) is 24.3 Å². The van der Waals surface area contributed by atoms with Crippen molar-refractivity contribution in [3.63, 3.8) is 0 Å². The molecule has 2 N–H and O–H groups in total. The van der Waals surface area contributed by atoms with E-state index in [-0.39, 0.29) is 28.3 Å². The van der Waals surface area contributed by atoms with Crippen molar-refractivity contribution >= 4 is 35.1 Å². The summed E-state index contributed by atoms with van der Waals surface area (Å²) in [5, 5.41) is 12.9. The van der Waals surface area contributed by atoms with Gasteiger partial charge in [-0.25, -0.2) is 4.79 Å². The van der Waals surface area contributed by atoms with Crippen molar-refractivity contribution in [3.05, 3.63) is 46.5 Å². The fraction of sp³-hybridized carbons (Fsp3) is 0.375. The van der Waals surface area contributed by atoms with E-state index < -0.39 is 18.0 Å². The zero-order valence-electron chi connectivity index (χ0n) is 19.0. The van der Waals surface area contributed by atoms with E-state index >= 15 is 0 Å². The Labute approximate surface area is 197 Å². The quantitative estimate of drug-likeness (QED) is 0.466. The highest BCUT2D eigenvalue weighted by molar-refractivity contribution is 6.37. The number of benzene rings is 2. The van der Waals surface area contributed by atoms with Crippen molar-refractivity contribution in [2.24, 2.45) is 0 Å². The zero-order chi connectivity index (χ0) is 24.3. The van der Waals surface area contributed by atoms with Crippen LogP contribution in [0.5, 0.6) is 17.2 Å². The lowest BCUT2D eigenvalue weighted by atomic mass is 9.91. The Bertz CT molecular complexity index is 1060. The molecule has 0 saturated heterocycles. The first-order chi connectivity index (χ1) is 15.6. The molecule has 176 valence electrons. The van der Waals surface area contributed by atoms with Crippen molar-refractivity contribution < 1.29 is 29.0 Å². The predicted octanol–water partition coefficient (Wildman–Crippen LogP) is 4.66. The molecule has 0 unspecified atom stereocenters. The number of aryl methyl sites for hydroxylation is 1. The number of phenols is 1. The van der Waals surface area contributed by atoms with E-state index in [1.807, 2.05) is 0 Å². The van der Waals surface area contributed by atoms with E-state index in [9.17, 15) is 19.5 Å². The monoisotopic (exact) mass is 474 g/mol. The summed E-state index contributed by atoms with van der Waals surface area (Å²) in [5.74, 6) is -1.68. The number of hydrogen-bond donors (Lipinski definition) is 2. The lowest BCUT2D eigenvalue weighted by Crippen LogP contribution is -2.41. The second-order valence-corrected chi connectivity index (χ2v) is 8.70. The van der Waals surface area contributed by atoms with Gasteiger partial charge < -0.3 is 24.8 Å². The van der Waals surface area contributed by atoms with Gasteiger partial charge >= 0.3 is 11.9 Å². The molecule has 0 bridgehead atoms. The minimum absolute atomic E-state index is 0.132. The summed E-state index contributed by atoms with van der Waals surface area (Å²) < 4.78 is 10.8. The first kappa shape index (κ1) is 24.4. The topological polar surface area (TPSA) is 105 Å². The molecule has 3 rings (SSSR count). The van der Waals surface area contributed by atoms with Crippen molar-refractivity contribution in [1.82, 2.24) is 4.90 Å². The smallest absolute Gasteiger partial charge is 0.397 e. The maximum Gasteiger partial charge on any atom is 0.397 e. The van der Waals surface area contributed by atoms with Crippen LogP contribution in [0, 0.1) is 6.92 Å². The fourth-order valence-electron chi connectivity index (χ4n) is 3.38. The molecule has 1 aliphatic rings. The number of amides is 2. The van der Waals surface area contributed by atoms with Crippen molar-refractivity contribution in [2.45, 2.75) is 52.2 Å². The Morgan fingerprint density at radius 1 is 1.18 bits per heavy atom. The molecule has 2 aromatic carbocycles. The number of ether oxygens (including phenoxy) is 2. The van der Waals surface area contributed by atoms with Crippen molar-refractivity contribution in [1.29, 1.82) is 0 Å². The first-order valence-corrected chi connectivity index (χ1v) is 11.0. The number of nitrogens with one attached hydrogen (secondary N) is 1. The zero-order valence-corrected chi connectivity index (χ0v) is 19.7. The maximum atomic E-state index is 12.8. The molecule has 0 aliphatic heterocycles. The van der Waals surface area contributed by atoms with Crippen LogP contribution in [0.4, 0.5) is 5.69 Å². The van der Waals surface area contributed by atoms with Gasteiger partial charge in [0.05, 0.1) is 16.7 Å². The standard InChI is InChI=1S/C24H27ClN2O6/c1-13(2)32-24(31)22(29)26-15-10-14(3)21(19(25)11-15)33-17-8-9-20(28)18(12-17)23(30)27(4)16-6-5-7-16/h8-13,16,28H,5-7H2,1-4H3,(H,26,29). The third kappa shape index (κ3) is 5.76. The van der Waals surface area contributed by atoms with Crippen LogP contribution in [-0.4, -0.2) is 47.0 Å². The normalized spacial score (nSPS) is 13.3. The molecule has 0 spiro atoms. The summed E-state index contributed by atoms with van der Waals surface area (Å²) in [6.07, 6.45) is 2.57. The van der Waals surface area contributed by atoms with E-state index in [2.05, 4.69) is 5.32 Å². The number of rotatable bonds is 6. The van der Waals surface area contributed by atoms with Crippen LogP contribution in [0.1, 0.15) is 49.0 Å². The fourth-order valence-corrected chi connectivity index (χ4v) is 3.68. The van der Waals surface area contributed by atoms with Gasteiger partial charge in [0, 0.05) is 18.8 Å². The highest BCUT2D eigenvalue weighted by atomic mass is 35.5. The molecule has 0 radical (unpaired) electrons. The van der Waals surface area contributed by atoms with Gasteiger partial charge in [0.2, 0.25) is 0 Å². The van der Waals surface area contributed by atoms with Crippen LogP contribution in [-0.2, 0) is 14.3 Å². The van der Waals surface area contributed by atoms with Crippen LogP contribution in [0.15, 0.2) is 30.3 Å². The maximum absolute atomic E-state index is 12.8. The van der Waals surface area contributed by atoms with Crippen LogP contribution >= 0.6 is 11.6 Å². The van der Waals surface area contributed by atoms with Gasteiger partial charge in [0.25, 0.3) is 5.91 Å². The Kier molecular flexibility index (Phi) is 7.48. The van der Waals surface area contributed by atoms with Crippen LogP contribution in [0.3, 0.4) is 0 Å². The number of carbonyl (C=O) groups is 3. The lowest BCUT2D eigenvalue weighted by molar-refractivity contribution is -0.155. The molecule has 2 aromatic rings. The highest BCUT2D eigenvalue weighted by Gasteiger charge is 2.28. The van der Waals surface area contributed by atoms with Gasteiger partial charge in [0.1, 0.15) is 17.2 Å². The SMILES string of the molecule is Cc1cc(NC(=O)C(=O)OC(C)C)cc(Cl)c1Oc1ccc(O)c(C(=O)N(C)C2CCC2)c1.